The molecule has 1 aromatic rings. The Bertz CT molecular complexity index is 594. The fourth-order valence-electron chi connectivity index (χ4n) is 2.06. The van der Waals surface area contributed by atoms with Crippen LogP contribution in [-0.4, -0.2) is 41.5 Å². The van der Waals surface area contributed by atoms with E-state index in [1.54, 1.807) is 13.0 Å². The highest BCUT2D eigenvalue weighted by atomic mass is 16.6. The third-order valence-electron chi connectivity index (χ3n) is 3.08. The van der Waals surface area contributed by atoms with Crippen molar-refractivity contribution in [1.29, 1.82) is 5.26 Å². The lowest BCUT2D eigenvalue weighted by Crippen LogP contribution is -2.45. The van der Waals surface area contributed by atoms with E-state index in [1.165, 1.54) is 17.0 Å². The number of aryl methyl sites for hydroxylation is 1. The molecule has 20 heavy (non-hydrogen) atoms. The molecule has 1 aromatic carbocycles. The van der Waals surface area contributed by atoms with Crippen LogP contribution < -0.4 is 0 Å². The molecule has 0 bridgehead atoms. The Morgan fingerprint density at radius 1 is 1.60 bits per heavy atom. The first-order chi connectivity index (χ1) is 9.52. The van der Waals surface area contributed by atoms with E-state index >= 15 is 0 Å². The van der Waals surface area contributed by atoms with Gasteiger partial charge in [0.25, 0.3) is 11.6 Å². The van der Waals surface area contributed by atoms with Crippen LogP contribution in [0.15, 0.2) is 18.2 Å². The minimum absolute atomic E-state index is 0.0496. The lowest BCUT2D eigenvalue weighted by Gasteiger charge is -2.29. The molecule has 7 nitrogen and oxygen atoms in total. The van der Waals surface area contributed by atoms with Crippen LogP contribution in [0.5, 0.6) is 0 Å². The Labute approximate surface area is 115 Å². The number of amides is 1. The van der Waals surface area contributed by atoms with E-state index in [-0.39, 0.29) is 24.4 Å². The SMILES string of the molecule is Cc1ccc([N+](=O)[O-])c(C(=O)N2CCOC(C#N)C2)c1. The predicted molar refractivity (Wildman–Crippen MR) is 69.1 cm³/mol. The van der Waals surface area contributed by atoms with Crippen molar-refractivity contribution in [3.05, 3.63) is 39.4 Å². The van der Waals surface area contributed by atoms with Crippen molar-refractivity contribution in [1.82, 2.24) is 4.90 Å². The Morgan fingerprint density at radius 3 is 3.00 bits per heavy atom. The van der Waals surface area contributed by atoms with Gasteiger partial charge in [-0.15, -0.1) is 0 Å². The molecule has 0 spiro atoms. The molecule has 2 rings (SSSR count). The zero-order valence-corrected chi connectivity index (χ0v) is 10.9. The topological polar surface area (TPSA) is 96.5 Å². The first-order valence-electron chi connectivity index (χ1n) is 6.08. The summed E-state index contributed by atoms with van der Waals surface area (Å²) in [4.78, 5) is 24.2. The molecule has 0 saturated carbocycles. The summed E-state index contributed by atoms with van der Waals surface area (Å²) in [5, 5.41) is 19.8. The number of rotatable bonds is 2. The predicted octanol–water partition coefficient (Wildman–Crippen LogP) is 1.27. The quantitative estimate of drug-likeness (QED) is 0.598. The molecule has 0 radical (unpaired) electrons. The molecule has 104 valence electrons. The summed E-state index contributed by atoms with van der Waals surface area (Å²) in [7, 11) is 0. The number of ether oxygens (including phenoxy) is 1. The zero-order valence-electron chi connectivity index (χ0n) is 10.9. The Kier molecular flexibility index (Phi) is 3.96. The van der Waals surface area contributed by atoms with Crippen LogP contribution in [0, 0.1) is 28.4 Å². The number of nitro groups is 1. The number of hydrogen-bond donors (Lipinski definition) is 0. The van der Waals surface area contributed by atoms with Gasteiger partial charge >= 0.3 is 0 Å². The lowest BCUT2D eigenvalue weighted by atomic mass is 10.1. The van der Waals surface area contributed by atoms with Crippen molar-refractivity contribution in [2.75, 3.05) is 19.7 Å². The maximum absolute atomic E-state index is 12.4. The minimum Gasteiger partial charge on any atom is -0.360 e. The summed E-state index contributed by atoms with van der Waals surface area (Å²) in [6.07, 6.45) is -0.684. The van der Waals surface area contributed by atoms with Gasteiger partial charge in [-0.3, -0.25) is 14.9 Å². The normalized spacial score (nSPS) is 18.4. The molecule has 1 amide bonds. The first-order valence-corrected chi connectivity index (χ1v) is 6.08. The van der Waals surface area contributed by atoms with Crippen LogP contribution in [0.25, 0.3) is 0 Å². The molecule has 1 atom stereocenters. The molecule has 0 aromatic heterocycles. The molecule has 1 fully saturated rings. The standard InChI is InChI=1S/C13H13N3O4/c1-9-2-3-12(16(18)19)11(6-9)13(17)15-4-5-20-10(7-14)8-15/h2-3,6,10H,4-5,8H2,1H3. The number of hydrogen-bond acceptors (Lipinski definition) is 5. The molecule has 1 unspecified atom stereocenters. The average Bonchev–Trinajstić information content (AvgIpc) is 2.46. The van der Waals surface area contributed by atoms with Crippen LogP contribution in [0.3, 0.4) is 0 Å². The number of nitriles is 1. The van der Waals surface area contributed by atoms with Crippen molar-refractivity contribution in [3.63, 3.8) is 0 Å². The second kappa shape index (κ2) is 5.67. The minimum atomic E-state index is -0.684. The van der Waals surface area contributed by atoms with Gasteiger partial charge < -0.3 is 9.64 Å². The summed E-state index contributed by atoms with van der Waals surface area (Å²) in [5.74, 6) is -0.441. The zero-order chi connectivity index (χ0) is 14.7. The molecular formula is C13H13N3O4. The van der Waals surface area contributed by atoms with Crippen molar-refractivity contribution < 1.29 is 14.5 Å². The molecule has 7 heteroatoms. The fourth-order valence-corrected chi connectivity index (χ4v) is 2.06. The Morgan fingerprint density at radius 2 is 2.35 bits per heavy atom. The lowest BCUT2D eigenvalue weighted by molar-refractivity contribution is -0.385. The first kappa shape index (κ1) is 14.0. The maximum Gasteiger partial charge on any atom is 0.282 e. The summed E-state index contributed by atoms with van der Waals surface area (Å²) in [5.41, 5.74) is 0.596. The fraction of sp³-hybridized carbons (Fsp3) is 0.385. The van der Waals surface area contributed by atoms with Crippen molar-refractivity contribution in [2.45, 2.75) is 13.0 Å². The summed E-state index contributed by atoms with van der Waals surface area (Å²) in [6, 6.07) is 6.35. The van der Waals surface area contributed by atoms with Gasteiger partial charge in [0.05, 0.1) is 24.1 Å². The van der Waals surface area contributed by atoms with Crippen LogP contribution in [0.1, 0.15) is 15.9 Å². The number of morpholine rings is 1. The smallest absolute Gasteiger partial charge is 0.282 e. The third-order valence-corrected chi connectivity index (χ3v) is 3.08. The van der Waals surface area contributed by atoms with Gasteiger partial charge in [0, 0.05) is 12.6 Å². The van der Waals surface area contributed by atoms with E-state index in [9.17, 15) is 14.9 Å². The Balaban J connectivity index is 2.31. The highest BCUT2D eigenvalue weighted by Gasteiger charge is 2.29. The van der Waals surface area contributed by atoms with Gasteiger partial charge in [-0.25, -0.2) is 0 Å². The molecule has 1 aliphatic heterocycles. The van der Waals surface area contributed by atoms with E-state index in [2.05, 4.69) is 0 Å². The van der Waals surface area contributed by atoms with Gasteiger partial charge in [0.1, 0.15) is 5.56 Å². The highest BCUT2D eigenvalue weighted by Crippen LogP contribution is 2.22. The number of nitro benzene ring substituents is 1. The monoisotopic (exact) mass is 275 g/mol. The maximum atomic E-state index is 12.4. The van der Waals surface area contributed by atoms with Crippen LogP contribution >= 0.6 is 0 Å². The summed E-state index contributed by atoms with van der Waals surface area (Å²) >= 11 is 0. The highest BCUT2D eigenvalue weighted by molar-refractivity contribution is 5.98. The Hall–Kier alpha value is -2.46. The average molecular weight is 275 g/mol. The molecular weight excluding hydrogens is 262 g/mol. The van der Waals surface area contributed by atoms with Crippen LogP contribution in [-0.2, 0) is 4.74 Å². The number of carbonyl (C=O) groups excluding carboxylic acids is 1. The van der Waals surface area contributed by atoms with Crippen LogP contribution in [0.2, 0.25) is 0 Å². The number of carbonyl (C=O) groups is 1. The van der Waals surface area contributed by atoms with Crippen molar-refractivity contribution in [3.8, 4) is 6.07 Å². The number of benzene rings is 1. The summed E-state index contributed by atoms with van der Waals surface area (Å²) in [6.45, 7) is 2.46. The molecule has 0 aliphatic carbocycles. The van der Waals surface area contributed by atoms with Gasteiger partial charge in [-0.2, -0.15) is 5.26 Å². The molecule has 1 saturated heterocycles. The van der Waals surface area contributed by atoms with Gasteiger partial charge in [-0.1, -0.05) is 6.07 Å². The summed E-state index contributed by atoms with van der Waals surface area (Å²) < 4.78 is 5.16. The van der Waals surface area contributed by atoms with Crippen molar-refractivity contribution >= 4 is 11.6 Å². The molecule has 1 aliphatic rings. The molecule has 1 heterocycles. The second-order valence-corrected chi connectivity index (χ2v) is 4.52. The van der Waals surface area contributed by atoms with Gasteiger partial charge in [0.15, 0.2) is 6.10 Å². The van der Waals surface area contributed by atoms with E-state index in [0.29, 0.717) is 6.54 Å². The van der Waals surface area contributed by atoms with E-state index in [1.807, 2.05) is 6.07 Å². The molecule has 0 N–H and O–H groups in total. The van der Waals surface area contributed by atoms with Crippen molar-refractivity contribution in [2.24, 2.45) is 0 Å². The number of nitrogens with zero attached hydrogens (tertiary/aromatic N) is 3. The van der Waals surface area contributed by atoms with Gasteiger partial charge in [0.2, 0.25) is 0 Å². The third kappa shape index (κ3) is 2.75. The van der Waals surface area contributed by atoms with Crippen LogP contribution in [0.4, 0.5) is 5.69 Å². The van der Waals surface area contributed by atoms with E-state index in [0.717, 1.165) is 5.56 Å². The largest absolute Gasteiger partial charge is 0.360 e. The van der Waals surface area contributed by atoms with E-state index in [4.69, 9.17) is 10.00 Å². The van der Waals surface area contributed by atoms with E-state index < -0.39 is 16.9 Å². The second-order valence-electron chi connectivity index (χ2n) is 4.52. The van der Waals surface area contributed by atoms with Gasteiger partial charge in [-0.05, 0) is 18.6 Å².